The van der Waals surface area contributed by atoms with Crippen molar-refractivity contribution in [1.82, 2.24) is 5.32 Å². The summed E-state index contributed by atoms with van der Waals surface area (Å²) in [6, 6.07) is 7.03. The first kappa shape index (κ1) is 17.9. The Morgan fingerprint density at radius 3 is 2.87 bits per heavy atom. The zero-order valence-electron chi connectivity index (χ0n) is 13.3. The Balaban J connectivity index is 2.08. The van der Waals surface area contributed by atoms with E-state index in [9.17, 15) is 20.1 Å². The predicted octanol–water partition coefficient (Wildman–Crippen LogP) is 0.761. The van der Waals surface area contributed by atoms with Crippen LogP contribution in [-0.4, -0.2) is 52.7 Å². The fraction of sp³-hybridized carbons (Fsp3) is 0.588. The fourth-order valence-electron chi connectivity index (χ4n) is 2.68. The maximum atomic E-state index is 12.1. The van der Waals surface area contributed by atoms with Crippen molar-refractivity contribution >= 4 is 5.91 Å². The summed E-state index contributed by atoms with van der Waals surface area (Å²) in [4.78, 5) is 12.1. The minimum atomic E-state index is -1.10. The largest absolute Gasteiger partial charge is 0.394 e. The lowest BCUT2D eigenvalue weighted by atomic mass is 9.93. The summed E-state index contributed by atoms with van der Waals surface area (Å²) in [5.74, 6) is -0.143. The van der Waals surface area contributed by atoms with Crippen molar-refractivity contribution in [3.63, 3.8) is 0 Å². The summed E-state index contributed by atoms with van der Waals surface area (Å²) in [6.45, 7) is 2.33. The Hall–Kier alpha value is -1.47. The number of hydrogen-bond donors (Lipinski definition) is 4. The molecule has 1 fully saturated rings. The fourth-order valence-corrected chi connectivity index (χ4v) is 2.68. The minimum Gasteiger partial charge on any atom is -0.394 e. The van der Waals surface area contributed by atoms with Gasteiger partial charge in [-0.05, 0) is 24.1 Å². The van der Waals surface area contributed by atoms with E-state index in [-0.39, 0.29) is 18.9 Å². The van der Waals surface area contributed by atoms with E-state index in [1.165, 1.54) is 0 Å². The minimum absolute atomic E-state index is 0.143. The second kappa shape index (κ2) is 8.40. The number of aliphatic hydroxyl groups is 3. The average Bonchev–Trinajstić information content (AvgIpc) is 2.57. The first-order valence-corrected chi connectivity index (χ1v) is 8.07. The second-order valence-corrected chi connectivity index (χ2v) is 5.87. The summed E-state index contributed by atoms with van der Waals surface area (Å²) in [6.07, 6.45) is -1.19. The highest BCUT2D eigenvalue weighted by Crippen LogP contribution is 2.32. The summed E-state index contributed by atoms with van der Waals surface area (Å²) in [5, 5.41) is 31.8. The molecule has 0 bridgehead atoms. The molecule has 0 aromatic heterocycles. The van der Waals surface area contributed by atoms with Crippen LogP contribution in [0.5, 0.6) is 0 Å². The van der Waals surface area contributed by atoms with Crippen LogP contribution in [0.1, 0.15) is 48.2 Å². The van der Waals surface area contributed by atoms with Gasteiger partial charge in [0, 0.05) is 18.5 Å². The van der Waals surface area contributed by atoms with Crippen LogP contribution in [0.25, 0.3) is 0 Å². The quantitative estimate of drug-likeness (QED) is 0.579. The molecular weight excluding hydrogens is 298 g/mol. The SMILES string of the molecule is CCCCNC(=O)c1cccc(C2CC(O)C(O)C(CO)O2)c1. The molecule has 128 valence electrons. The van der Waals surface area contributed by atoms with Crippen LogP contribution in [0.4, 0.5) is 0 Å². The molecule has 1 amide bonds. The van der Waals surface area contributed by atoms with Crippen molar-refractivity contribution in [1.29, 1.82) is 0 Å². The van der Waals surface area contributed by atoms with Gasteiger partial charge in [0.1, 0.15) is 12.2 Å². The molecule has 0 spiro atoms. The molecule has 0 aliphatic carbocycles. The van der Waals surface area contributed by atoms with Gasteiger partial charge in [-0.2, -0.15) is 0 Å². The van der Waals surface area contributed by atoms with Crippen molar-refractivity contribution < 1.29 is 24.9 Å². The second-order valence-electron chi connectivity index (χ2n) is 5.87. The van der Waals surface area contributed by atoms with Gasteiger partial charge in [-0.25, -0.2) is 0 Å². The number of carbonyl (C=O) groups excluding carboxylic acids is 1. The van der Waals surface area contributed by atoms with Crippen LogP contribution < -0.4 is 5.32 Å². The van der Waals surface area contributed by atoms with E-state index in [1.807, 2.05) is 6.07 Å². The summed E-state index contributed by atoms with van der Waals surface area (Å²) in [5.41, 5.74) is 1.28. The third kappa shape index (κ3) is 4.51. The molecule has 6 heteroatoms. The molecule has 4 N–H and O–H groups in total. The van der Waals surface area contributed by atoms with Crippen LogP contribution in [0, 0.1) is 0 Å². The van der Waals surface area contributed by atoms with Gasteiger partial charge in [-0.3, -0.25) is 4.79 Å². The molecule has 23 heavy (non-hydrogen) atoms. The van der Waals surface area contributed by atoms with Gasteiger partial charge >= 0.3 is 0 Å². The zero-order valence-corrected chi connectivity index (χ0v) is 13.3. The molecular formula is C17H25NO5. The smallest absolute Gasteiger partial charge is 0.251 e. The van der Waals surface area contributed by atoms with Gasteiger partial charge in [0.05, 0.1) is 18.8 Å². The summed E-state index contributed by atoms with van der Waals surface area (Å²) in [7, 11) is 0. The maximum absolute atomic E-state index is 12.1. The topological polar surface area (TPSA) is 99.0 Å². The first-order valence-electron chi connectivity index (χ1n) is 8.07. The molecule has 1 saturated heterocycles. The van der Waals surface area contributed by atoms with Crippen LogP contribution in [0.15, 0.2) is 24.3 Å². The highest BCUT2D eigenvalue weighted by atomic mass is 16.5. The van der Waals surface area contributed by atoms with Crippen molar-refractivity contribution in [2.45, 2.75) is 50.6 Å². The highest BCUT2D eigenvalue weighted by Gasteiger charge is 2.36. The molecule has 4 atom stereocenters. The van der Waals surface area contributed by atoms with Gasteiger partial charge < -0.3 is 25.4 Å². The molecule has 1 aliphatic rings. The molecule has 6 nitrogen and oxygen atoms in total. The van der Waals surface area contributed by atoms with Crippen molar-refractivity contribution in [3.8, 4) is 0 Å². The van der Waals surface area contributed by atoms with E-state index >= 15 is 0 Å². The standard InChI is InChI=1S/C17H25NO5/c1-2-3-7-18-17(22)12-6-4-5-11(8-12)14-9-13(20)16(21)15(10-19)23-14/h4-6,8,13-16,19-21H,2-3,7,9-10H2,1H3,(H,18,22). The molecule has 0 radical (unpaired) electrons. The number of amides is 1. The lowest BCUT2D eigenvalue weighted by Crippen LogP contribution is -2.47. The normalized spacial score (nSPS) is 27.7. The number of ether oxygens (including phenoxy) is 1. The number of unbranched alkanes of at least 4 members (excludes halogenated alkanes) is 1. The number of nitrogens with one attached hydrogen (secondary N) is 1. The van der Waals surface area contributed by atoms with E-state index in [4.69, 9.17) is 4.74 Å². The number of carbonyl (C=O) groups is 1. The monoisotopic (exact) mass is 323 g/mol. The van der Waals surface area contributed by atoms with Crippen molar-refractivity contribution in [3.05, 3.63) is 35.4 Å². The average molecular weight is 323 g/mol. The van der Waals surface area contributed by atoms with Gasteiger partial charge in [-0.1, -0.05) is 25.5 Å². The number of aliphatic hydroxyl groups excluding tert-OH is 3. The van der Waals surface area contributed by atoms with E-state index in [0.717, 1.165) is 18.4 Å². The van der Waals surface area contributed by atoms with E-state index in [2.05, 4.69) is 12.2 Å². The van der Waals surface area contributed by atoms with Crippen LogP contribution >= 0.6 is 0 Å². The number of benzene rings is 1. The van der Waals surface area contributed by atoms with E-state index in [1.54, 1.807) is 18.2 Å². The van der Waals surface area contributed by atoms with Crippen molar-refractivity contribution in [2.24, 2.45) is 0 Å². The Bertz CT molecular complexity index is 521. The van der Waals surface area contributed by atoms with Crippen LogP contribution in [0.3, 0.4) is 0 Å². The third-order valence-corrected chi connectivity index (χ3v) is 4.09. The van der Waals surface area contributed by atoms with Gasteiger partial charge in [0.25, 0.3) is 5.91 Å². The highest BCUT2D eigenvalue weighted by molar-refractivity contribution is 5.94. The van der Waals surface area contributed by atoms with Gasteiger partial charge in [0.2, 0.25) is 0 Å². The summed E-state index contributed by atoms with van der Waals surface area (Å²) >= 11 is 0. The molecule has 0 saturated carbocycles. The molecule has 4 unspecified atom stereocenters. The lowest BCUT2D eigenvalue weighted by molar-refractivity contribution is -0.181. The molecule has 1 aliphatic heterocycles. The predicted molar refractivity (Wildman–Crippen MR) is 85.0 cm³/mol. The summed E-state index contributed by atoms with van der Waals surface area (Å²) < 4.78 is 5.65. The Kier molecular flexibility index (Phi) is 6.53. The third-order valence-electron chi connectivity index (χ3n) is 4.09. The Morgan fingerprint density at radius 1 is 1.39 bits per heavy atom. The lowest BCUT2D eigenvalue weighted by Gasteiger charge is -2.36. The van der Waals surface area contributed by atoms with Crippen LogP contribution in [-0.2, 0) is 4.74 Å². The molecule has 2 rings (SSSR count). The Morgan fingerprint density at radius 2 is 2.17 bits per heavy atom. The van der Waals surface area contributed by atoms with E-state index in [0.29, 0.717) is 12.1 Å². The van der Waals surface area contributed by atoms with Gasteiger partial charge in [0.15, 0.2) is 0 Å². The number of hydrogen-bond acceptors (Lipinski definition) is 5. The van der Waals surface area contributed by atoms with Crippen molar-refractivity contribution in [2.75, 3.05) is 13.2 Å². The Labute approximate surface area is 136 Å². The van der Waals surface area contributed by atoms with E-state index < -0.39 is 24.4 Å². The zero-order chi connectivity index (χ0) is 16.8. The van der Waals surface area contributed by atoms with Gasteiger partial charge in [-0.15, -0.1) is 0 Å². The molecule has 1 aromatic carbocycles. The maximum Gasteiger partial charge on any atom is 0.251 e. The molecule has 1 aromatic rings. The van der Waals surface area contributed by atoms with Crippen LogP contribution in [0.2, 0.25) is 0 Å². The molecule has 1 heterocycles. The number of rotatable bonds is 6. The first-order chi connectivity index (χ1) is 11.1.